The number of hydrogen-bond acceptors (Lipinski definition) is 4. The number of ketones is 1. The van der Waals surface area contributed by atoms with Gasteiger partial charge in [0.1, 0.15) is 11.5 Å². The Labute approximate surface area is 156 Å². The predicted molar refractivity (Wildman–Crippen MR) is 101 cm³/mol. The van der Waals surface area contributed by atoms with E-state index in [4.69, 9.17) is 14.6 Å². The highest BCUT2D eigenvalue weighted by molar-refractivity contribution is 5.78. The van der Waals surface area contributed by atoms with Gasteiger partial charge in [0.25, 0.3) is 0 Å². The van der Waals surface area contributed by atoms with Crippen molar-refractivity contribution in [2.45, 2.75) is 64.4 Å². The second-order valence-corrected chi connectivity index (χ2v) is 6.64. The number of carbonyl (C=O) groups excluding carboxylic acids is 1. The molecule has 5 nitrogen and oxygen atoms in total. The third-order valence-electron chi connectivity index (χ3n) is 4.59. The van der Waals surface area contributed by atoms with E-state index in [1.807, 2.05) is 30.3 Å². The van der Waals surface area contributed by atoms with Crippen LogP contribution >= 0.6 is 0 Å². The average Bonchev–Trinajstić information content (AvgIpc) is 2.62. The number of aliphatic carboxylic acids is 1. The highest BCUT2D eigenvalue weighted by Crippen LogP contribution is 2.21. The molecule has 1 N–H and O–H groups in total. The maximum absolute atomic E-state index is 12.0. The molecule has 5 heteroatoms. The fraction of sp³-hybridized carbons (Fsp3) is 0.619. The van der Waals surface area contributed by atoms with Crippen LogP contribution in [0.15, 0.2) is 30.3 Å². The zero-order valence-electron chi connectivity index (χ0n) is 16.0. The Morgan fingerprint density at radius 1 is 1.00 bits per heavy atom. The van der Waals surface area contributed by atoms with Crippen LogP contribution in [-0.4, -0.2) is 36.7 Å². The fourth-order valence-corrected chi connectivity index (χ4v) is 3.11. The Hall–Kier alpha value is -1.88. The van der Waals surface area contributed by atoms with E-state index in [1.165, 1.54) is 0 Å². The minimum atomic E-state index is -0.734. The molecule has 2 atom stereocenters. The summed E-state index contributed by atoms with van der Waals surface area (Å²) in [7, 11) is 1.65. The van der Waals surface area contributed by atoms with Gasteiger partial charge in [-0.25, -0.2) is 0 Å². The largest absolute Gasteiger partial charge is 0.493 e. The second-order valence-electron chi connectivity index (χ2n) is 6.64. The van der Waals surface area contributed by atoms with Crippen molar-refractivity contribution >= 4 is 11.8 Å². The maximum Gasteiger partial charge on any atom is 0.303 e. The van der Waals surface area contributed by atoms with Crippen molar-refractivity contribution in [1.82, 2.24) is 0 Å². The van der Waals surface area contributed by atoms with Gasteiger partial charge < -0.3 is 14.6 Å². The minimum Gasteiger partial charge on any atom is -0.493 e. The normalized spacial score (nSPS) is 13.2. The van der Waals surface area contributed by atoms with Gasteiger partial charge in [0.2, 0.25) is 0 Å². The molecule has 0 aliphatic carbocycles. The van der Waals surface area contributed by atoms with Gasteiger partial charge in [0.15, 0.2) is 0 Å². The van der Waals surface area contributed by atoms with Gasteiger partial charge in [0, 0.05) is 25.9 Å². The van der Waals surface area contributed by atoms with Crippen LogP contribution in [-0.2, 0) is 14.3 Å². The predicted octanol–water partition coefficient (Wildman–Crippen LogP) is 4.49. The van der Waals surface area contributed by atoms with E-state index in [-0.39, 0.29) is 24.2 Å². The molecule has 0 fully saturated rings. The first-order valence-corrected chi connectivity index (χ1v) is 9.47. The van der Waals surface area contributed by atoms with Crippen LogP contribution in [0.1, 0.15) is 58.3 Å². The molecule has 1 rings (SSSR count). The second kappa shape index (κ2) is 13.3. The van der Waals surface area contributed by atoms with E-state index >= 15 is 0 Å². The number of methoxy groups -OCH3 is 1. The van der Waals surface area contributed by atoms with E-state index in [9.17, 15) is 9.59 Å². The van der Waals surface area contributed by atoms with Crippen LogP contribution < -0.4 is 4.74 Å². The van der Waals surface area contributed by atoms with Crippen molar-refractivity contribution in [1.29, 1.82) is 0 Å². The van der Waals surface area contributed by atoms with Crippen LogP contribution in [0.5, 0.6) is 5.75 Å². The van der Waals surface area contributed by atoms with Gasteiger partial charge in [-0.05, 0) is 31.9 Å². The summed E-state index contributed by atoms with van der Waals surface area (Å²) >= 11 is 0. The van der Waals surface area contributed by atoms with Crippen molar-refractivity contribution in [2.75, 3.05) is 13.7 Å². The number of ether oxygens (including phenoxy) is 2. The summed E-state index contributed by atoms with van der Waals surface area (Å²) in [6.07, 6.45) is 6.21. The van der Waals surface area contributed by atoms with E-state index in [2.05, 4.69) is 0 Å². The minimum absolute atomic E-state index is 0.113. The SMILES string of the molecule is COC(CCOc1ccccc1)C(CCCCCCCC(=O)O)C(C)=O. The van der Waals surface area contributed by atoms with Crippen LogP contribution in [0.4, 0.5) is 0 Å². The van der Waals surface area contributed by atoms with Crippen LogP contribution in [0.25, 0.3) is 0 Å². The highest BCUT2D eigenvalue weighted by atomic mass is 16.5. The molecule has 0 aromatic heterocycles. The summed E-state index contributed by atoms with van der Waals surface area (Å²) in [5.74, 6) is 0.131. The van der Waals surface area contributed by atoms with Crippen LogP contribution in [0.2, 0.25) is 0 Å². The fourth-order valence-electron chi connectivity index (χ4n) is 3.11. The number of rotatable bonds is 15. The average molecular weight is 364 g/mol. The van der Waals surface area contributed by atoms with Crippen molar-refractivity contribution in [2.24, 2.45) is 5.92 Å². The Balaban J connectivity index is 2.30. The third-order valence-corrected chi connectivity index (χ3v) is 4.59. The van der Waals surface area contributed by atoms with E-state index < -0.39 is 5.97 Å². The molecule has 26 heavy (non-hydrogen) atoms. The van der Waals surface area contributed by atoms with Crippen molar-refractivity contribution in [3.63, 3.8) is 0 Å². The zero-order chi connectivity index (χ0) is 19.2. The molecule has 0 aliphatic heterocycles. The number of unbranched alkanes of at least 4 members (excludes halogenated alkanes) is 4. The van der Waals surface area contributed by atoms with Crippen molar-refractivity contribution in [3.05, 3.63) is 30.3 Å². The Bertz CT molecular complexity index is 514. The first-order chi connectivity index (χ1) is 12.5. The summed E-state index contributed by atoms with van der Waals surface area (Å²) in [6, 6.07) is 9.62. The zero-order valence-corrected chi connectivity index (χ0v) is 16.0. The number of benzene rings is 1. The quantitative estimate of drug-likeness (QED) is 0.464. The van der Waals surface area contributed by atoms with Crippen molar-refractivity contribution < 1.29 is 24.2 Å². The topological polar surface area (TPSA) is 72.8 Å². The maximum atomic E-state index is 12.0. The summed E-state index contributed by atoms with van der Waals surface area (Å²) in [4.78, 5) is 22.5. The molecule has 1 aromatic carbocycles. The number of carboxylic acid groups (broad SMARTS) is 1. The number of Topliss-reactive ketones (excluding diaryl/α,β-unsaturated/α-hetero) is 1. The molecule has 2 unspecified atom stereocenters. The molecule has 146 valence electrons. The number of hydrogen-bond donors (Lipinski definition) is 1. The highest BCUT2D eigenvalue weighted by Gasteiger charge is 2.25. The van der Waals surface area contributed by atoms with Gasteiger partial charge in [-0.3, -0.25) is 9.59 Å². The Morgan fingerprint density at radius 2 is 1.65 bits per heavy atom. The molecule has 1 aromatic rings. The lowest BCUT2D eigenvalue weighted by Gasteiger charge is -2.24. The van der Waals surface area contributed by atoms with Gasteiger partial charge in [0.05, 0.1) is 12.7 Å². The van der Waals surface area contributed by atoms with E-state index in [1.54, 1.807) is 14.0 Å². The summed E-state index contributed by atoms with van der Waals surface area (Å²) in [6.45, 7) is 2.14. The lowest BCUT2D eigenvalue weighted by molar-refractivity contribution is -0.137. The number of para-hydroxylation sites is 1. The smallest absolute Gasteiger partial charge is 0.303 e. The molecule has 0 amide bonds. The van der Waals surface area contributed by atoms with Gasteiger partial charge in [-0.2, -0.15) is 0 Å². The molecule has 0 bridgehead atoms. The molecule has 0 radical (unpaired) electrons. The van der Waals surface area contributed by atoms with Gasteiger partial charge >= 0.3 is 5.97 Å². The van der Waals surface area contributed by atoms with Gasteiger partial charge in [-0.1, -0.05) is 43.9 Å². The van der Waals surface area contributed by atoms with Crippen LogP contribution in [0.3, 0.4) is 0 Å². The molecule has 0 heterocycles. The summed E-state index contributed by atoms with van der Waals surface area (Å²) in [5.41, 5.74) is 0. The first kappa shape index (κ1) is 22.2. The summed E-state index contributed by atoms with van der Waals surface area (Å²) in [5, 5.41) is 8.62. The molecular weight excluding hydrogens is 332 g/mol. The lowest BCUT2D eigenvalue weighted by Crippen LogP contribution is -2.30. The molecule has 0 saturated heterocycles. The van der Waals surface area contributed by atoms with E-state index in [0.29, 0.717) is 13.0 Å². The first-order valence-electron chi connectivity index (χ1n) is 9.47. The number of carboxylic acids is 1. The standard InChI is InChI=1S/C21H32O5/c1-17(22)19(13-9-4-3-5-10-14-21(23)24)20(25-2)15-16-26-18-11-7-6-8-12-18/h6-8,11-12,19-20H,3-5,9-10,13-16H2,1-2H3,(H,23,24). The Morgan fingerprint density at radius 3 is 2.27 bits per heavy atom. The third kappa shape index (κ3) is 9.56. The molecular formula is C21H32O5. The summed E-state index contributed by atoms with van der Waals surface area (Å²) < 4.78 is 11.3. The Kier molecular flexibility index (Phi) is 11.4. The molecule has 0 saturated carbocycles. The monoisotopic (exact) mass is 364 g/mol. The van der Waals surface area contributed by atoms with Crippen LogP contribution in [0, 0.1) is 5.92 Å². The molecule has 0 aliphatic rings. The number of carbonyl (C=O) groups is 2. The van der Waals surface area contributed by atoms with E-state index in [0.717, 1.165) is 44.3 Å². The van der Waals surface area contributed by atoms with Gasteiger partial charge in [-0.15, -0.1) is 0 Å². The van der Waals surface area contributed by atoms with Crippen molar-refractivity contribution in [3.8, 4) is 5.75 Å². The molecule has 0 spiro atoms. The lowest BCUT2D eigenvalue weighted by atomic mass is 9.90.